The smallest absolute Gasteiger partial charge is 0.321 e. The number of nitrogens with zero attached hydrogens (tertiary/aromatic N) is 1. The monoisotopic (exact) mass is 528 g/mol. The van der Waals surface area contributed by atoms with Crippen molar-refractivity contribution in [2.75, 3.05) is 16.1 Å². The van der Waals surface area contributed by atoms with Gasteiger partial charge in [-0.05, 0) is 66.7 Å². The van der Waals surface area contributed by atoms with Crippen molar-refractivity contribution < 1.29 is 18.8 Å². The van der Waals surface area contributed by atoms with Crippen LogP contribution in [0.15, 0.2) is 77.3 Å². The summed E-state index contributed by atoms with van der Waals surface area (Å²) < 4.78 is 15.4. The molecule has 0 aliphatic rings. The molecule has 0 saturated carbocycles. The third kappa shape index (κ3) is 5.21. The molecule has 0 aliphatic heterocycles. The van der Waals surface area contributed by atoms with E-state index in [9.17, 15) is 18.8 Å². The Morgan fingerprint density at radius 3 is 2.33 bits per heavy atom. The summed E-state index contributed by atoms with van der Waals surface area (Å²) in [5, 5.41) is 6.21. The van der Waals surface area contributed by atoms with E-state index in [-0.39, 0.29) is 11.4 Å². The fourth-order valence-electron chi connectivity index (χ4n) is 3.11. The first kappa shape index (κ1) is 22.5. The molecule has 0 atom stereocenters. The number of fused-ring (bicyclic) bond motifs is 1. The van der Waals surface area contributed by atoms with Crippen LogP contribution in [-0.4, -0.2) is 22.4 Å². The lowest BCUT2D eigenvalue weighted by Crippen LogP contribution is -2.36. The van der Waals surface area contributed by atoms with Gasteiger partial charge in [-0.25, -0.2) is 9.07 Å². The predicted octanol–water partition coefficient (Wildman–Crippen LogP) is 5.16. The molecule has 0 saturated heterocycles. The molecule has 3 N–H and O–H groups in total. The number of rotatable bonds is 4. The van der Waals surface area contributed by atoms with Crippen molar-refractivity contribution in [3.05, 3.63) is 93.8 Å². The molecular formula is C23H15BrClFN4O3. The van der Waals surface area contributed by atoms with Crippen LogP contribution in [-0.2, 0) is 9.59 Å². The molecular weight excluding hydrogens is 515 g/mol. The third-order valence-electron chi connectivity index (χ3n) is 4.60. The van der Waals surface area contributed by atoms with Crippen molar-refractivity contribution in [1.29, 1.82) is 0 Å². The number of aromatic nitrogens is 1. The summed E-state index contributed by atoms with van der Waals surface area (Å²) in [6, 6.07) is 18.4. The first-order valence-electron chi connectivity index (χ1n) is 9.56. The van der Waals surface area contributed by atoms with Gasteiger partial charge in [-0.2, -0.15) is 0 Å². The molecule has 0 spiro atoms. The van der Waals surface area contributed by atoms with E-state index in [0.29, 0.717) is 21.6 Å². The van der Waals surface area contributed by atoms with E-state index >= 15 is 0 Å². The first-order valence-corrected chi connectivity index (χ1v) is 10.7. The maximum Gasteiger partial charge on any atom is 0.328 e. The summed E-state index contributed by atoms with van der Waals surface area (Å²) in [7, 11) is 0. The Kier molecular flexibility index (Phi) is 6.43. The number of anilines is 2. The Balaban J connectivity index is 1.62. The lowest BCUT2D eigenvalue weighted by atomic mass is 10.2. The maximum atomic E-state index is 13.4. The van der Waals surface area contributed by atoms with Crippen LogP contribution in [0.3, 0.4) is 0 Å². The van der Waals surface area contributed by atoms with Crippen molar-refractivity contribution in [2.45, 2.75) is 0 Å². The minimum absolute atomic E-state index is 0.0879. The van der Waals surface area contributed by atoms with Gasteiger partial charge in [0.05, 0.1) is 5.52 Å². The zero-order valence-electron chi connectivity index (χ0n) is 16.7. The first-order chi connectivity index (χ1) is 15.8. The SMILES string of the molecule is O=C(Nc1cccc(F)c1)C(=O)Nn1c(C(=O)Nc2ccc(Cl)cc2)cc2cc(Br)ccc21. The Bertz CT molecular complexity index is 1390. The van der Waals surface area contributed by atoms with Crippen LogP contribution in [0.1, 0.15) is 10.5 Å². The second-order valence-electron chi connectivity index (χ2n) is 6.93. The summed E-state index contributed by atoms with van der Waals surface area (Å²) in [5.74, 6) is -3.14. The number of hydrogen-bond acceptors (Lipinski definition) is 3. The maximum absolute atomic E-state index is 13.4. The van der Waals surface area contributed by atoms with E-state index in [4.69, 9.17) is 11.6 Å². The van der Waals surface area contributed by atoms with E-state index in [0.717, 1.165) is 10.5 Å². The normalized spacial score (nSPS) is 10.6. The molecule has 1 aromatic heterocycles. The molecule has 0 radical (unpaired) electrons. The number of hydrogen-bond donors (Lipinski definition) is 3. The second-order valence-corrected chi connectivity index (χ2v) is 8.29. The van der Waals surface area contributed by atoms with Gasteiger partial charge in [-0.1, -0.05) is 33.6 Å². The van der Waals surface area contributed by atoms with E-state index in [1.165, 1.54) is 22.9 Å². The Hall–Kier alpha value is -3.69. The van der Waals surface area contributed by atoms with E-state index < -0.39 is 23.5 Å². The minimum atomic E-state index is -1.04. The molecule has 0 bridgehead atoms. The van der Waals surface area contributed by atoms with Gasteiger partial charge in [0.15, 0.2) is 0 Å². The highest BCUT2D eigenvalue weighted by Gasteiger charge is 2.21. The zero-order chi connectivity index (χ0) is 23.5. The van der Waals surface area contributed by atoms with E-state index in [1.807, 2.05) is 0 Å². The van der Waals surface area contributed by atoms with Crippen molar-refractivity contribution in [3.63, 3.8) is 0 Å². The van der Waals surface area contributed by atoms with Crippen molar-refractivity contribution in [2.24, 2.45) is 0 Å². The Morgan fingerprint density at radius 2 is 1.61 bits per heavy atom. The average Bonchev–Trinajstić information content (AvgIpc) is 3.12. The van der Waals surface area contributed by atoms with E-state index in [2.05, 4.69) is 32.0 Å². The lowest BCUT2D eigenvalue weighted by Gasteiger charge is -2.13. The van der Waals surface area contributed by atoms with Crippen LogP contribution in [0.4, 0.5) is 15.8 Å². The highest BCUT2D eigenvalue weighted by atomic mass is 79.9. The molecule has 7 nitrogen and oxygen atoms in total. The molecule has 0 unspecified atom stereocenters. The second kappa shape index (κ2) is 9.43. The van der Waals surface area contributed by atoms with Crippen LogP contribution in [0.2, 0.25) is 5.02 Å². The Morgan fingerprint density at radius 1 is 0.848 bits per heavy atom. The number of halogens is 3. The van der Waals surface area contributed by atoms with Crippen LogP contribution >= 0.6 is 27.5 Å². The number of carbonyl (C=O) groups excluding carboxylic acids is 3. The minimum Gasteiger partial charge on any atom is -0.321 e. The average molecular weight is 530 g/mol. The van der Waals surface area contributed by atoms with Gasteiger partial charge in [0.25, 0.3) is 5.91 Å². The molecule has 4 aromatic rings. The van der Waals surface area contributed by atoms with Gasteiger partial charge in [0.1, 0.15) is 11.5 Å². The quantitative estimate of drug-likeness (QED) is 0.319. The van der Waals surface area contributed by atoms with Crippen molar-refractivity contribution >= 4 is 67.5 Å². The molecule has 166 valence electrons. The summed E-state index contributed by atoms with van der Waals surface area (Å²) in [6.45, 7) is 0. The molecule has 3 aromatic carbocycles. The zero-order valence-corrected chi connectivity index (χ0v) is 19.1. The number of nitrogens with one attached hydrogen (secondary N) is 3. The fourth-order valence-corrected chi connectivity index (χ4v) is 3.61. The predicted molar refractivity (Wildman–Crippen MR) is 128 cm³/mol. The topological polar surface area (TPSA) is 92.2 Å². The third-order valence-corrected chi connectivity index (χ3v) is 5.35. The fraction of sp³-hybridized carbons (Fsp3) is 0. The highest BCUT2D eigenvalue weighted by Crippen LogP contribution is 2.24. The molecule has 1 heterocycles. The number of carbonyl (C=O) groups is 3. The van der Waals surface area contributed by atoms with Crippen molar-refractivity contribution in [3.8, 4) is 0 Å². The number of amides is 3. The molecule has 3 amide bonds. The molecule has 4 rings (SSSR count). The number of benzene rings is 3. The van der Waals surface area contributed by atoms with Crippen molar-refractivity contribution in [1.82, 2.24) is 4.68 Å². The highest BCUT2D eigenvalue weighted by molar-refractivity contribution is 9.10. The van der Waals surface area contributed by atoms with Gasteiger partial charge in [0.2, 0.25) is 0 Å². The standard InChI is InChI=1S/C23H15BrClFN4O3/c24-14-4-9-19-13(10-14)11-20(21(31)27-17-7-5-15(25)6-8-17)30(19)29-23(33)22(32)28-18-3-1-2-16(26)12-18/h1-12H,(H,27,31)(H,28,32)(H,29,33). The molecule has 33 heavy (non-hydrogen) atoms. The van der Waals surface area contributed by atoms with Gasteiger partial charge in [0, 0.05) is 26.3 Å². The van der Waals surface area contributed by atoms with Crippen LogP contribution in [0.25, 0.3) is 10.9 Å². The molecule has 0 aliphatic carbocycles. The van der Waals surface area contributed by atoms with Gasteiger partial charge < -0.3 is 10.6 Å². The van der Waals surface area contributed by atoms with Crippen LogP contribution < -0.4 is 16.1 Å². The largest absolute Gasteiger partial charge is 0.328 e. The van der Waals surface area contributed by atoms with E-state index in [1.54, 1.807) is 48.5 Å². The van der Waals surface area contributed by atoms with Crippen LogP contribution in [0.5, 0.6) is 0 Å². The van der Waals surface area contributed by atoms with Gasteiger partial charge in [-0.15, -0.1) is 0 Å². The molecule has 10 heteroatoms. The molecule has 0 fully saturated rings. The van der Waals surface area contributed by atoms with Gasteiger partial charge >= 0.3 is 11.8 Å². The Labute approximate surface area is 200 Å². The summed E-state index contributed by atoms with van der Waals surface area (Å²) in [4.78, 5) is 37.9. The summed E-state index contributed by atoms with van der Waals surface area (Å²) in [5.41, 5.74) is 3.64. The summed E-state index contributed by atoms with van der Waals surface area (Å²) >= 11 is 9.26. The lowest BCUT2D eigenvalue weighted by molar-refractivity contribution is -0.133. The van der Waals surface area contributed by atoms with Crippen LogP contribution in [0, 0.1) is 5.82 Å². The summed E-state index contributed by atoms with van der Waals surface area (Å²) in [6.07, 6.45) is 0. The van der Waals surface area contributed by atoms with Gasteiger partial charge in [-0.3, -0.25) is 19.8 Å².